The number of rotatable bonds is 24. The van der Waals surface area contributed by atoms with E-state index in [-0.39, 0.29) is 41.5 Å². The maximum atomic E-state index is 13.6. The van der Waals surface area contributed by atoms with Crippen LogP contribution in [-0.4, -0.2) is 158 Å². The molecule has 6 heterocycles. The van der Waals surface area contributed by atoms with Crippen LogP contribution in [0.25, 0.3) is 38.6 Å². The molecule has 19 nitrogen and oxygen atoms in total. The van der Waals surface area contributed by atoms with Crippen molar-refractivity contribution in [2.24, 2.45) is 0 Å². The summed E-state index contributed by atoms with van der Waals surface area (Å²) in [6.45, 7) is 5.15. The molecule has 0 aliphatic carbocycles. The second-order valence-corrected chi connectivity index (χ2v) is 18.2. The van der Waals surface area contributed by atoms with E-state index in [4.69, 9.17) is 14.2 Å². The minimum absolute atomic E-state index is 0.000826. The minimum Gasteiger partial charge on any atom is -0.377 e. The summed E-state index contributed by atoms with van der Waals surface area (Å²) in [7, 11) is 1.92. The molecule has 0 bridgehead atoms. The van der Waals surface area contributed by atoms with Crippen LogP contribution in [0.1, 0.15) is 24.8 Å². The highest BCUT2D eigenvalue weighted by Gasteiger charge is 2.42. The first-order valence-electron chi connectivity index (χ1n) is 23.2. The Morgan fingerprint density at radius 2 is 1.69 bits per heavy atom. The smallest absolute Gasteiger partial charge is 0.315 e. The number of aromatic nitrogens is 4. The third-order valence-electron chi connectivity index (χ3n) is 12.2. The van der Waals surface area contributed by atoms with Crippen LogP contribution in [0.15, 0.2) is 84.1 Å². The number of carbonyl (C=O) groups excluding carboxylic acids is 4. The van der Waals surface area contributed by atoms with Gasteiger partial charge in [0.05, 0.1) is 74.6 Å². The van der Waals surface area contributed by atoms with Crippen molar-refractivity contribution in [1.29, 1.82) is 0 Å². The average molecular weight is 950 g/mol. The molecule has 0 radical (unpaired) electrons. The van der Waals surface area contributed by atoms with Gasteiger partial charge in [-0.25, -0.2) is 9.59 Å². The fourth-order valence-corrected chi connectivity index (χ4v) is 10.2. The highest BCUT2D eigenvalue weighted by molar-refractivity contribution is 8.00. The second-order valence-electron chi connectivity index (χ2n) is 16.9. The van der Waals surface area contributed by atoms with Gasteiger partial charge in [-0.15, -0.1) is 0 Å². The standard InChI is InChI=1S/C48H59N11O8S/c1-57(19-14-50-47(63)51-16-21-66-23-25-67-24-22-65-20-15-49-42(60)5-2-4-41-45-39(31-68-41)55-48(64)56-45)17-3-6-43(61)58-18-13-32-7-10-36(27-40(32)58)59-44(62)12-9-34-28-52-38-11-8-33(26-37(38)46(34)59)35-29-53-54-30-35/h3,6-12,26-30,39,41,45H,2,4-5,13-25,31H2,1H3,(H,49,60)(H,53,54)(H2,50,51,63)(H2,55,56,64)/b6-3+. The van der Waals surface area contributed by atoms with Gasteiger partial charge in [-0.3, -0.25) is 29.0 Å². The zero-order valence-electron chi connectivity index (χ0n) is 38.2. The first kappa shape index (κ1) is 48.1. The molecule has 3 aliphatic rings. The number of nitrogens with zero attached hydrogens (tertiary/aromatic N) is 5. The van der Waals surface area contributed by atoms with Crippen molar-refractivity contribution < 1.29 is 33.4 Å². The molecule has 0 spiro atoms. The summed E-state index contributed by atoms with van der Waals surface area (Å²) in [5.41, 5.74) is 5.66. The SMILES string of the molecule is CN(C/C=C/C(=O)N1CCc2ccc(-n3c(=O)ccc4cnc5ccc(-c6cn[nH]c6)cc5c43)cc21)CCNC(=O)NCCOCCOCCOCCNC(=O)CCCC1SCC2NC(=O)NC21. The molecular formula is C48H59N11O8S. The first-order valence-corrected chi connectivity index (χ1v) is 24.2. The maximum Gasteiger partial charge on any atom is 0.315 e. The number of hydrogen-bond donors (Lipinski definition) is 6. The van der Waals surface area contributed by atoms with E-state index in [2.05, 4.69) is 41.8 Å². The predicted octanol–water partition coefficient (Wildman–Crippen LogP) is 3.11. The van der Waals surface area contributed by atoms with Gasteiger partial charge in [0.15, 0.2) is 0 Å². The monoisotopic (exact) mass is 949 g/mol. The van der Waals surface area contributed by atoms with Crippen LogP contribution in [0, 0.1) is 0 Å². The molecule has 2 fully saturated rings. The lowest BCUT2D eigenvalue weighted by atomic mass is 10.0. The Morgan fingerprint density at radius 1 is 0.897 bits per heavy atom. The molecule has 68 heavy (non-hydrogen) atoms. The number of thioether (sulfide) groups is 1. The average Bonchev–Trinajstić information content (AvgIpc) is 4.17. The van der Waals surface area contributed by atoms with Crippen molar-refractivity contribution in [2.45, 2.75) is 43.0 Å². The van der Waals surface area contributed by atoms with Crippen LogP contribution in [0.2, 0.25) is 0 Å². The topological polar surface area (TPSA) is 226 Å². The number of H-pyrrole nitrogens is 1. The zero-order valence-corrected chi connectivity index (χ0v) is 39.0. The molecule has 5 aromatic rings. The van der Waals surface area contributed by atoms with Crippen molar-refractivity contribution in [3.8, 4) is 16.8 Å². The van der Waals surface area contributed by atoms with E-state index in [0.717, 1.165) is 62.8 Å². The number of amides is 6. The molecule has 360 valence electrons. The molecule has 2 aromatic carbocycles. The molecule has 20 heteroatoms. The summed E-state index contributed by atoms with van der Waals surface area (Å²) in [4.78, 5) is 71.5. The minimum atomic E-state index is -0.293. The predicted molar refractivity (Wildman–Crippen MR) is 261 cm³/mol. The quantitative estimate of drug-likeness (QED) is 0.0227. The van der Waals surface area contributed by atoms with E-state index < -0.39 is 0 Å². The van der Waals surface area contributed by atoms with Gasteiger partial charge in [-0.2, -0.15) is 16.9 Å². The van der Waals surface area contributed by atoms with Crippen LogP contribution in [0.4, 0.5) is 15.3 Å². The third-order valence-corrected chi connectivity index (χ3v) is 13.7. The summed E-state index contributed by atoms with van der Waals surface area (Å²) < 4.78 is 18.3. The van der Waals surface area contributed by atoms with E-state index in [0.29, 0.717) is 103 Å². The van der Waals surface area contributed by atoms with Gasteiger partial charge < -0.3 is 50.6 Å². The largest absolute Gasteiger partial charge is 0.377 e. The summed E-state index contributed by atoms with van der Waals surface area (Å²) >= 11 is 1.85. The number of pyridine rings is 2. The lowest BCUT2D eigenvalue weighted by Gasteiger charge is -2.18. The van der Waals surface area contributed by atoms with Gasteiger partial charge >= 0.3 is 12.1 Å². The number of urea groups is 2. The number of nitrogens with one attached hydrogen (secondary N) is 6. The Bertz CT molecular complexity index is 2640. The van der Waals surface area contributed by atoms with Gasteiger partial charge in [0.25, 0.3) is 11.5 Å². The van der Waals surface area contributed by atoms with Crippen LogP contribution in [0.5, 0.6) is 0 Å². The Morgan fingerprint density at radius 3 is 2.50 bits per heavy atom. The Balaban J connectivity index is 0.666. The van der Waals surface area contributed by atoms with E-state index >= 15 is 0 Å². The highest BCUT2D eigenvalue weighted by Crippen LogP contribution is 2.34. The normalized spacial score (nSPS) is 17.5. The molecule has 0 saturated carbocycles. The van der Waals surface area contributed by atoms with Crippen molar-refractivity contribution >= 4 is 63.1 Å². The van der Waals surface area contributed by atoms with Crippen LogP contribution < -0.4 is 37.0 Å². The van der Waals surface area contributed by atoms with E-state index in [1.165, 1.54) is 0 Å². The number of fused-ring (bicyclic) bond motifs is 5. The van der Waals surface area contributed by atoms with E-state index in [9.17, 15) is 24.0 Å². The van der Waals surface area contributed by atoms with Gasteiger partial charge in [0.1, 0.15) is 0 Å². The zero-order chi connectivity index (χ0) is 47.2. The van der Waals surface area contributed by atoms with Gasteiger partial charge in [-0.1, -0.05) is 18.2 Å². The summed E-state index contributed by atoms with van der Waals surface area (Å²) in [6.07, 6.45) is 11.6. The Labute approximate surface area is 398 Å². The lowest BCUT2D eigenvalue weighted by Crippen LogP contribution is -2.40. The van der Waals surface area contributed by atoms with Crippen molar-refractivity contribution in [3.05, 3.63) is 95.2 Å². The number of aromatic amines is 1. The summed E-state index contributed by atoms with van der Waals surface area (Å²) in [5, 5.41) is 23.4. The molecule has 8 rings (SSSR count). The molecule has 3 aliphatic heterocycles. The fraction of sp³-hybridized carbons (Fsp3) is 0.438. The molecule has 6 amide bonds. The molecule has 3 atom stereocenters. The van der Waals surface area contributed by atoms with Gasteiger partial charge in [0, 0.05) is 103 Å². The molecule has 3 aromatic heterocycles. The Hall–Kier alpha value is -6.32. The number of hydrogen-bond acceptors (Lipinski definition) is 12. The Kier molecular flexibility index (Phi) is 16.7. The van der Waals surface area contributed by atoms with Crippen LogP contribution in [-0.2, 0) is 30.2 Å². The summed E-state index contributed by atoms with van der Waals surface area (Å²) in [6, 6.07) is 15.1. The molecule has 2 saturated heterocycles. The van der Waals surface area contributed by atoms with Gasteiger partial charge in [-0.05, 0) is 67.8 Å². The highest BCUT2D eigenvalue weighted by atomic mass is 32.2. The first-order chi connectivity index (χ1) is 33.2. The second kappa shape index (κ2) is 23.6. The maximum absolute atomic E-state index is 13.6. The molecular weight excluding hydrogens is 891 g/mol. The van der Waals surface area contributed by atoms with Gasteiger partial charge in [0.2, 0.25) is 5.91 Å². The van der Waals surface area contributed by atoms with Crippen molar-refractivity contribution in [1.82, 2.24) is 51.2 Å². The van der Waals surface area contributed by atoms with Crippen molar-refractivity contribution in [3.63, 3.8) is 0 Å². The lowest BCUT2D eigenvalue weighted by molar-refractivity contribution is -0.121. The van der Waals surface area contributed by atoms with Crippen LogP contribution >= 0.6 is 11.8 Å². The number of benzene rings is 2. The number of ether oxygens (including phenoxy) is 3. The molecule has 6 N–H and O–H groups in total. The number of anilines is 1. The van der Waals surface area contributed by atoms with E-state index in [1.807, 2.05) is 72.4 Å². The number of carbonyl (C=O) groups is 4. The van der Waals surface area contributed by atoms with Crippen LogP contribution in [0.3, 0.4) is 0 Å². The number of likely N-dealkylation sites (N-methyl/N-ethyl adjacent to an activating group) is 1. The summed E-state index contributed by atoms with van der Waals surface area (Å²) in [5.74, 6) is 0.771. The third kappa shape index (κ3) is 12.4. The molecule has 3 unspecified atom stereocenters. The fourth-order valence-electron chi connectivity index (χ4n) is 8.67. The van der Waals surface area contributed by atoms with Crippen molar-refractivity contribution in [2.75, 3.05) is 96.6 Å². The van der Waals surface area contributed by atoms with E-state index in [1.54, 1.807) is 40.1 Å².